The van der Waals surface area contributed by atoms with E-state index < -0.39 is 0 Å². The lowest BCUT2D eigenvalue weighted by Gasteiger charge is -2.35. The molecule has 386 valence electrons. The molecule has 2 aliphatic heterocycles. The number of para-hydroxylation sites is 2. The molecule has 0 bridgehead atoms. The molecule has 0 amide bonds. The van der Waals surface area contributed by atoms with E-state index in [4.69, 9.17) is 0 Å². The van der Waals surface area contributed by atoms with E-state index in [1.54, 1.807) is 0 Å². The Hall–Kier alpha value is -7.29. The van der Waals surface area contributed by atoms with Crippen LogP contribution < -0.4 is 32.8 Å². The van der Waals surface area contributed by atoms with Crippen molar-refractivity contribution in [2.24, 2.45) is 0 Å². The molecule has 4 heterocycles. The maximum atomic E-state index is 2.68. The minimum Gasteiger partial charge on any atom is -0.310 e. The summed E-state index contributed by atoms with van der Waals surface area (Å²) in [6.45, 7) is 32.9. The summed E-state index contributed by atoms with van der Waals surface area (Å²) >= 11 is 0. The van der Waals surface area contributed by atoms with Gasteiger partial charge in [-0.3, -0.25) is 0 Å². The largest absolute Gasteiger partial charge is 0.310 e. The van der Waals surface area contributed by atoms with Gasteiger partial charge in [-0.15, -0.1) is 0 Å². The maximum Gasteiger partial charge on any atom is 0.247 e. The average molecular weight is 1010 g/mol. The number of fused-ring (bicyclic) bond motifs is 10. The molecular weight excluding hydrogens is 938 g/mol. The fraction of sp³-hybridized carbons (Fsp3) is 0.270. The van der Waals surface area contributed by atoms with E-state index in [0.717, 1.165) is 0 Å². The van der Waals surface area contributed by atoms with Crippen LogP contribution in [-0.2, 0) is 10.8 Å². The van der Waals surface area contributed by atoms with Gasteiger partial charge in [0.05, 0.1) is 11.0 Å². The van der Waals surface area contributed by atoms with Gasteiger partial charge in [-0.1, -0.05) is 241 Å². The minimum absolute atomic E-state index is 0.00369. The highest BCUT2D eigenvalue weighted by Crippen LogP contribution is 2.41. The normalized spacial score (nSPS) is 13.4. The van der Waals surface area contributed by atoms with Crippen molar-refractivity contribution >= 4 is 89.8 Å². The summed E-state index contributed by atoms with van der Waals surface area (Å²) in [5, 5.41) is 5.22. The molecule has 2 nitrogen and oxygen atoms in total. The van der Waals surface area contributed by atoms with Crippen LogP contribution in [-0.4, -0.2) is 22.6 Å². The van der Waals surface area contributed by atoms with Crippen molar-refractivity contribution in [3.05, 3.63) is 203 Å². The molecule has 0 spiro atoms. The van der Waals surface area contributed by atoms with Gasteiger partial charge < -0.3 is 9.13 Å². The first kappa shape index (κ1) is 50.2. The standard InChI is InChI=1S/C74H74B2N2/c1-43(2)53-19-15-20-54(44(3)4)69(53)75-61-25-17-23-57-59-39-49(47-27-33-51(34-28-47)73(9,10)11)31-37-65(59)77(71(57)61)67-42-64-68(41-63(67)75)78-66-38-32-50(48-29-35-52(36-30-48)74(12,13)14)40-60(66)58-24-18-26-62(72(58)78)76(64)70-55(45(5)6)21-16-22-56(70)46(7)8/h15-46H,1-14H3. The summed E-state index contributed by atoms with van der Waals surface area (Å²) in [5.74, 6) is 1.35. The minimum atomic E-state index is -0.00369. The molecule has 9 aromatic carbocycles. The van der Waals surface area contributed by atoms with Gasteiger partial charge in [-0.05, 0) is 148 Å². The predicted molar refractivity (Wildman–Crippen MR) is 342 cm³/mol. The highest BCUT2D eigenvalue weighted by molar-refractivity contribution is 7.00. The monoisotopic (exact) mass is 1010 g/mol. The van der Waals surface area contributed by atoms with Crippen molar-refractivity contribution in [3.63, 3.8) is 0 Å². The molecule has 13 rings (SSSR count). The van der Waals surface area contributed by atoms with E-state index in [9.17, 15) is 0 Å². The summed E-state index contributed by atoms with van der Waals surface area (Å²) < 4.78 is 5.36. The molecule has 2 aromatic heterocycles. The van der Waals surface area contributed by atoms with Crippen LogP contribution in [0.5, 0.6) is 0 Å². The third-order valence-corrected chi connectivity index (χ3v) is 18.1. The zero-order valence-electron chi connectivity index (χ0n) is 48.5. The van der Waals surface area contributed by atoms with Crippen molar-refractivity contribution in [1.29, 1.82) is 0 Å². The fourth-order valence-electron chi connectivity index (χ4n) is 14.1. The first-order chi connectivity index (χ1) is 37.3. The summed E-state index contributed by atoms with van der Waals surface area (Å²) in [7, 11) is 0. The molecule has 0 radical (unpaired) electrons. The van der Waals surface area contributed by atoms with E-state index in [1.165, 1.54) is 143 Å². The van der Waals surface area contributed by atoms with Gasteiger partial charge in [0.15, 0.2) is 0 Å². The second-order valence-corrected chi connectivity index (χ2v) is 26.4. The van der Waals surface area contributed by atoms with Crippen LogP contribution in [0.3, 0.4) is 0 Å². The maximum absolute atomic E-state index is 2.68. The molecule has 4 heteroatoms. The van der Waals surface area contributed by atoms with Crippen LogP contribution in [0.25, 0.3) is 77.2 Å². The van der Waals surface area contributed by atoms with E-state index in [1.807, 2.05) is 0 Å². The van der Waals surface area contributed by atoms with E-state index in [0.29, 0.717) is 23.7 Å². The quantitative estimate of drug-likeness (QED) is 0.134. The van der Waals surface area contributed by atoms with Gasteiger partial charge in [0.25, 0.3) is 0 Å². The second-order valence-electron chi connectivity index (χ2n) is 26.4. The SMILES string of the molecule is CC(C)c1cccc(C(C)C)c1B1c2cc3c(cc2-n2c4ccc(-c5ccc(C(C)(C)C)cc5)cc4c4cccc1c42)B(c1c(C(C)C)cccc1C(C)C)c1cccc2c4cc(-c5ccc(C(C)(C)C)cc5)ccc4n-3c12. The smallest absolute Gasteiger partial charge is 0.247 e. The number of rotatable bonds is 8. The second kappa shape index (κ2) is 18.1. The van der Waals surface area contributed by atoms with E-state index in [2.05, 4.69) is 276 Å². The topological polar surface area (TPSA) is 9.86 Å². The zero-order valence-corrected chi connectivity index (χ0v) is 48.5. The number of hydrogen-bond acceptors (Lipinski definition) is 0. The fourth-order valence-corrected chi connectivity index (χ4v) is 14.1. The number of benzene rings is 9. The summed E-state index contributed by atoms with van der Waals surface area (Å²) in [5.41, 5.74) is 29.8. The van der Waals surface area contributed by atoms with Gasteiger partial charge in [-0.2, -0.15) is 0 Å². The Labute approximate surface area is 464 Å². The van der Waals surface area contributed by atoms with Crippen LogP contribution in [0.4, 0.5) is 0 Å². The molecule has 0 unspecified atom stereocenters. The summed E-state index contributed by atoms with van der Waals surface area (Å²) in [4.78, 5) is 0. The van der Waals surface area contributed by atoms with Gasteiger partial charge in [0.2, 0.25) is 13.4 Å². The van der Waals surface area contributed by atoms with Crippen LogP contribution in [0.1, 0.15) is 154 Å². The van der Waals surface area contributed by atoms with Gasteiger partial charge >= 0.3 is 0 Å². The molecule has 0 saturated carbocycles. The third kappa shape index (κ3) is 7.67. The van der Waals surface area contributed by atoms with Crippen molar-refractivity contribution < 1.29 is 0 Å². The highest BCUT2D eigenvalue weighted by Gasteiger charge is 2.42. The number of aromatic nitrogens is 2. The molecule has 0 N–H and O–H groups in total. The van der Waals surface area contributed by atoms with Crippen molar-refractivity contribution in [2.45, 2.75) is 131 Å². The molecule has 0 aliphatic carbocycles. The Balaban J connectivity index is 1.16. The summed E-state index contributed by atoms with van der Waals surface area (Å²) in [6, 6.07) is 67.2. The highest BCUT2D eigenvalue weighted by atomic mass is 15.0. The Morgan fingerprint density at radius 3 is 0.962 bits per heavy atom. The number of nitrogens with zero attached hydrogens (tertiary/aromatic N) is 2. The molecular formula is C74H74B2N2. The number of hydrogen-bond donors (Lipinski definition) is 0. The Morgan fingerprint density at radius 2 is 0.641 bits per heavy atom. The van der Waals surface area contributed by atoms with E-state index >= 15 is 0 Å². The predicted octanol–water partition coefficient (Wildman–Crippen LogP) is 16.0. The van der Waals surface area contributed by atoms with Crippen LogP contribution in [0.15, 0.2) is 170 Å². The Morgan fingerprint density at radius 1 is 0.321 bits per heavy atom. The zero-order chi connectivity index (χ0) is 54.4. The Kier molecular flexibility index (Phi) is 11.7. The van der Waals surface area contributed by atoms with Crippen molar-refractivity contribution in [1.82, 2.24) is 9.13 Å². The first-order valence-electron chi connectivity index (χ1n) is 29.1. The average Bonchev–Trinajstić information content (AvgIpc) is 3.78. The van der Waals surface area contributed by atoms with Crippen molar-refractivity contribution in [2.75, 3.05) is 0 Å². The lowest BCUT2D eigenvalue weighted by atomic mass is 9.31. The molecule has 2 aliphatic rings. The van der Waals surface area contributed by atoms with Gasteiger partial charge in [0, 0.05) is 44.0 Å². The molecule has 0 fully saturated rings. The lowest BCUT2D eigenvalue weighted by Crippen LogP contribution is -2.61. The van der Waals surface area contributed by atoms with Crippen LogP contribution in [0.2, 0.25) is 0 Å². The molecule has 11 aromatic rings. The van der Waals surface area contributed by atoms with E-state index in [-0.39, 0.29) is 24.3 Å². The Bertz CT molecular complexity index is 3890. The van der Waals surface area contributed by atoms with Gasteiger partial charge in [-0.25, -0.2) is 0 Å². The van der Waals surface area contributed by atoms with Crippen molar-refractivity contribution in [3.8, 4) is 33.6 Å². The molecule has 78 heavy (non-hydrogen) atoms. The third-order valence-electron chi connectivity index (χ3n) is 18.1. The van der Waals surface area contributed by atoms with Crippen LogP contribution in [0, 0.1) is 0 Å². The molecule has 0 saturated heterocycles. The van der Waals surface area contributed by atoms with Gasteiger partial charge in [0.1, 0.15) is 0 Å². The summed E-state index contributed by atoms with van der Waals surface area (Å²) in [6.07, 6.45) is 0. The molecule has 0 atom stereocenters. The van der Waals surface area contributed by atoms with Crippen LogP contribution >= 0.6 is 0 Å². The first-order valence-corrected chi connectivity index (χ1v) is 29.1. The lowest BCUT2D eigenvalue weighted by molar-refractivity contribution is 0.590.